The molecule has 0 aromatic heterocycles. The van der Waals surface area contributed by atoms with Gasteiger partial charge in [-0.3, -0.25) is 14.5 Å². The molecule has 26 heavy (non-hydrogen) atoms. The first-order valence-corrected chi connectivity index (χ1v) is 8.85. The van der Waals surface area contributed by atoms with Gasteiger partial charge >= 0.3 is 0 Å². The molecule has 1 heterocycles. The summed E-state index contributed by atoms with van der Waals surface area (Å²) in [5.74, 6) is 0.772. The quantitative estimate of drug-likeness (QED) is 0.815. The summed E-state index contributed by atoms with van der Waals surface area (Å²) in [4.78, 5) is 29.6. The Kier molecular flexibility index (Phi) is 5.73. The Morgan fingerprint density at radius 1 is 1.00 bits per heavy atom. The maximum atomic E-state index is 12.4. The van der Waals surface area contributed by atoms with Gasteiger partial charge in [0, 0.05) is 40.3 Å². The van der Waals surface area contributed by atoms with Crippen LogP contribution in [0.4, 0.5) is 0 Å². The van der Waals surface area contributed by atoms with Gasteiger partial charge in [0.05, 0.1) is 6.54 Å². The Bertz CT molecular complexity index is 783. The molecule has 2 aromatic rings. The van der Waals surface area contributed by atoms with Gasteiger partial charge in [-0.2, -0.15) is 0 Å². The average Bonchev–Trinajstić information content (AvgIpc) is 2.66. The number of rotatable bonds is 5. The fourth-order valence-electron chi connectivity index (χ4n) is 2.98. The highest BCUT2D eigenvalue weighted by atomic mass is 16.5. The van der Waals surface area contributed by atoms with Crippen LogP contribution in [0.15, 0.2) is 42.5 Å². The summed E-state index contributed by atoms with van der Waals surface area (Å²) in [6.07, 6.45) is 0. The molecule has 0 radical (unpaired) electrons. The molecule has 0 spiro atoms. The number of hydrogen-bond donors (Lipinski definition) is 0. The lowest BCUT2D eigenvalue weighted by Gasteiger charge is -2.34. The first kappa shape index (κ1) is 18.2. The van der Waals surface area contributed by atoms with Crippen molar-refractivity contribution in [3.8, 4) is 5.75 Å². The summed E-state index contributed by atoms with van der Waals surface area (Å²) in [5, 5.41) is 2.24. The molecule has 0 unspecified atom stereocenters. The lowest BCUT2D eigenvalue weighted by atomic mass is 10.1. The Morgan fingerprint density at radius 2 is 1.69 bits per heavy atom. The summed E-state index contributed by atoms with van der Waals surface area (Å²) >= 11 is 0. The van der Waals surface area contributed by atoms with Gasteiger partial charge in [0.1, 0.15) is 5.75 Å². The zero-order valence-corrected chi connectivity index (χ0v) is 15.4. The number of ether oxygens (including phenoxy) is 1. The Morgan fingerprint density at radius 3 is 2.38 bits per heavy atom. The standard InChI is InChI=1S/C20H25N3O3/c1-21(2)19(24)14-22-9-11-23(12-10-22)20(25)15-26-18-8-7-16-5-3-4-6-17(16)13-18/h3-8,13H,9-12,14-15H2,1-2H3. The second kappa shape index (κ2) is 8.19. The highest BCUT2D eigenvalue weighted by Gasteiger charge is 2.23. The third-order valence-electron chi connectivity index (χ3n) is 4.67. The van der Waals surface area contributed by atoms with Gasteiger partial charge < -0.3 is 14.5 Å². The van der Waals surface area contributed by atoms with Crippen molar-refractivity contribution in [2.24, 2.45) is 0 Å². The van der Waals surface area contributed by atoms with Crippen molar-refractivity contribution in [3.05, 3.63) is 42.5 Å². The van der Waals surface area contributed by atoms with E-state index in [1.54, 1.807) is 23.9 Å². The van der Waals surface area contributed by atoms with E-state index in [0.29, 0.717) is 38.5 Å². The van der Waals surface area contributed by atoms with Gasteiger partial charge in [-0.1, -0.05) is 30.3 Å². The van der Waals surface area contributed by atoms with Crippen LogP contribution in [0.5, 0.6) is 5.75 Å². The van der Waals surface area contributed by atoms with E-state index in [1.807, 2.05) is 42.5 Å². The van der Waals surface area contributed by atoms with Crippen molar-refractivity contribution in [1.82, 2.24) is 14.7 Å². The molecule has 1 fully saturated rings. The number of piperazine rings is 1. The zero-order valence-electron chi connectivity index (χ0n) is 15.4. The molecule has 1 saturated heterocycles. The van der Waals surface area contributed by atoms with E-state index in [4.69, 9.17) is 4.74 Å². The van der Waals surface area contributed by atoms with Gasteiger partial charge in [-0.05, 0) is 22.9 Å². The molecule has 0 bridgehead atoms. The monoisotopic (exact) mass is 355 g/mol. The number of fused-ring (bicyclic) bond motifs is 1. The van der Waals surface area contributed by atoms with E-state index >= 15 is 0 Å². The first-order valence-electron chi connectivity index (χ1n) is 8.85. The van der Waals surface area contributed by atoms with Gasteiger partial charge in [0.25, 0.3) is 5.91 Å². The SMILES string of the molecule is CN(C)C(=O)CN1CCN(C(=O)COc2ccc3ccccc3c2)CC1. The zero-order chi connectivity index (χ0) is 18.5. The number of nitrogens with zero attached hydrogens (tertiary/aromatic N) is 3. The summed E-state index contributed by atoms with van der Waals surface area (Å²) in [7, 11) is 3.51. The molecule has 0 atom stereocenters. The molecule has 2 aromatic carbocycles. The molecular weight excluding hydrogens is 330 g/mol. The Hall–Kier alpha value is -2.60. The molecule has 0 aliphatic carbocycles. The van der Waals surface area contributed by atoms with Crippen molar-refractivity contribution in [2.75, 3.05) is 53.4 Å². The van der Waals surface area contributed by atoms with E-state index < -0.39 is 0 Å². The van der Waals surface area contributed by atoms with Crippen molar-refractivity contribution >= 4 is 22.6 Å². The van der Waals surface area contributed by atoms with Crippen LogP contribution in [0.25, 0.3) is 10.8 Å². The fraction of sp³-hybridized carbons (Fsp3) is 0.400. The molecule has 0 saturated carbocycles. The van der Waals surface area contributed by atoms with Crippen LogP contribution in [0.2, 0.25) is 0 Å². The molecule has 2 amide bonds. The van der Waals surface area contributed by atoms with E-state index in [9.17, 15) is 9.59 Å². The van der Waals surface area contributed by atoms with Gasteiger partial charge in [-0.25, -0.2) is 0 Å². The van der Waals surface area contributed by atoms with E-state index in [2.05, 4.69) is 4.90 Å². The second-order valence-electron chi connectivity index (χ2n) is 6.74. The van der Waals surface area contributed by atoms with Crippen LogP contribution >= 0.6 is 0 Å². The highest BCUT2D eigenvalue weighted by molar-refractivity contribution is 5.84. The van der Waals surface area contributed by atoms with E-state index in [1.165, 1.54) is 0 Å². The minimum atomic E-state index is -0.0169. The fourth-order valence-corrected chi connectivity index (χ4v) is 2.98. The van der Waals surface area contributed by atoms with Gasteiger partial charge in [0.2, 0.25) is 5.91 Å². The summed E-state index contributed by atoms with van der Waals surface area (Å²) < 4.78 is 5.69. The molecule has 0 N–H and O–H groups in total. The first-order chi connectivity index (χ1) is 12.5. The Labute approximate surface area is 153 Å². The number of likely N-dealkylation sites (N-methyl/N-ethyl adjacent to an activating group) is 1. The number of benzene rings is 2. The second-order valence-corrected chi connectivity index (χ2v) is 6.74. The minimum Gasteiger partial charge on any atom is -0.484 e. The summed E-state index contributed by atoms with van der Waals surface area (Å²) in [6.45, 7) is 3.11. The van der Waals surface area contributed by atoms with Crippen LogP contribution in [0, 0.1) is 0 Å². The third-order valence-corrected chi connectivity index (χ3v) is 4.67. The number of carbonyl (C=O) groups is 2. The van der Waals surface area contributed by atoms with Crippen LogP contribution in [-0.2, 0) is 9.59 Å². The molecule has 138 valence electrons. The molecule has 6 heteroatoms. The van der Waals surface area contributed by atoms with E-state index in [0.717, 1.165) is 10.8 Å². The average molecular weight is 355 g/mol. The van der Waals surface area contributed by atoms with Gasteiger partial charge in [0.15, 0.2) is 6.61 Å². The third kappa shape index (κ3) is 4.52. The minimum absolute atomic E-state index is 0.0169. The summed E-state index contributed by atoms with van der Waals surface area (Å²) in [5.41, 5.74) is 0. The van der Waals surface area contributed by atoms with Gasteiger partial charge in [-0.15, -0.1) is 0 Å². The largest absolute Gasteiger partial charge is 0.484 e. The maximum Gasteiger partial charge on any atom is 0.260 e. The highest BCUT2D eigenvalue weighted by Crippen LogP contribution is 2.20. The molecular formula is C20H25N3O3. The number of hydrogen-bond acceptors (Lipinski definition) is 4. The lowest BCUT2D eigenvalue weighted by molar-refractivity contribution is -0.136. The molecule has 1 aliphatic rings. The van der Waals surface area contributed by atoms with Crippen molar-refractivity contribution in [2.45, 2.75) is 0 Å². The maximum absolute atomic E-state index is 12.4. The van der Waals surface area contributed by atoms with Crippen LogP contribution < -0.4 is 4.74 Å². The predicted octanol–water partition coefficient (Wildman–Crippen LogP) is 1.45. The van der Waals surface area contributed by atoms with Crippen LogP contribution in [-0.4, -0.2) is 79.9 Å². The van der Waals surface area contributed by atoms with Crippen molar-refractivity contribution < 1.29 is 14.3 Å². The number of carbonyl (C=O) groups excluding carboxylic acids is 2. The molecule has 3 rings (SSSR count). The molecule has 6 nitrogen and oxygen atoms in total. The predicted molar refractivity (Wildman–Crippen MR) is 101 cm³/mol. The van der Waals surface area contributed by atoms with Crippen molar-refractivity contribution in [1.29, 1.82) is 0 Å². The Balaban J connectivity index is 1.47. The number of amides is 2. The molecule has 1 aliphatic heterocycles. The van der Waals surface area contributed by atoms with E-state index in [-0.39, 0.29) is 18.4 Å². The lowest BCUT2D eigenvalue weighted by Crippen LogP contribution is -2.51. The van der Waals surface area contributed by atoms with Crippen molar-refractivity contribution in [3.63, 3.8) is 0 Å². The summed E-state index contributed by atoms with van der Waals surface area (Å²) in [6, 6.07) is 13.9. The smallest absolute Gasteiger partial charge is 0.260 e. The van der Waals surface area contributed by atoms with Crippen LogP contribution in [0.3, 0.4) is 0 Å². The van der Waals surface area contributed by atoms with Crippen LogP contribution in [0.1, 0.15) is 0 Å². The normalized spacial score (nSPS) is 15.1. The topological polar surface area (TPSA) is 53.1 Å².